The molecular weight excluding hydrogens is 394 g/mol. The molecule has 1 N–H and O–H groups in total. The van der Waals surface area contributed by atoms with Gasteiger partial charge in [0, 0.05) is 29.1 Å². The number of nitrogens with zero attached hydrogens (tertiary/aromatic N) is 2. The quantitative estimate of drug-likeness (QED) is 0.548. The summed E-state index contributed by atoms with van der Waals surface area (Å²) in [5, 5.41) is 0. The molecule has 29 heavy (non-hydrogen) atoms. The van der Waals surface area contributed by atoms with Crippen molar-refractivity contribution in [2.75, 3.05) is 13.2 Å². The molecular formula is C20H23N3O5S. The zero-order valence-corrected chi connectivity index (χ0v) is 17.4. The monoisotopic (exact) mass is 417 g/mol. The van der Waals surface area contributed by atoms with Crippen molar-refractivity contribution in [2.45, 2.75) is 38.6 Å². The molecule has 1 aliphatic rings. The minimum atomic E-state index is -3.61. The summed E-state index contributed by atoms with van der Waals surface area (Å²) in [6.07, 6.45) is -0.0609. The lowest BCUT2D eigenvalue weighted by Gasteiger charge is -2.06. The van der Waals surface area contributed by atoms with Gasteiger partial charge in [0.2, 0.25) is 5.78 Å². The first-order valence-electron chi connectivity index (χ1n) is 9.26. The van der Waals surface area contributed by atoms with Gasteiger partial charge in [-0.3, -0.25) is 19.3 Å². The number of nitrogens with one attached hydrogen (secondary N) is 1. The number of sulfonamides is 1. The third-order valence-electron chi connectivity index (χ3n) is 4.80. The van der Waals surface area contributed by atoms with Gasteiger partial charge in [-0.1, -0.05) is 12.1 Å². The van der Waals surface area contributed by atoms with Crippen molar-refractivity contribution in [3.8, 4) is 0 Å². The zero-order valence-electron chi connectivity index (χ0n) is 16.6. The number of hydrogen-bond donors (Lipinski definition) is 1. The topological polar surface area (TPSA) is 107 Å². The fourth-order valence-corrected chi connectivity index (χ4v) is 4.63. The third kappa shape index (κ3) is 4.24. The van der Waals surface area contributed by atoms with Crippen LogP contribution in [-0.4, -0.2) is 43.7 Å². The van der Waals surface area contributed by atoms with Gasteiger partial charge in [0.25, 0.3) is 10.0 Å². The summed E-state index contributed by atoms with van der Waals surface area (Å²) in [5.41, 5.74) is 2.86. The normalized spacial score (nSPS) is 15.8. The number of rotatable bonds is 7. The van der Waals surface area contributed by atoms with Crippen molar-refractivity contribution in [2.24, 2.45) is 4.99 Å². The van der Waals surface area contributed by atoms with Crippen molar-refractivity contribution >= 4 is 27.6 Å². The molecule has 3 rings (SSSR count). The van der Waals surface area contributed by atoms with Crippen molar-refractivity contribution in [3.05, 3.63) is 52.8 Å². The van der Waals surface area contributed by atoms with Gasteiger partial charge in [0.15, 0.2) is 6.61 Å². The number of amidine groups is 1. The first-order chi connectivity index (χ1) is 13.7. The average molecular weight is 417 g/mol. The second-order valence-corrected chi connectivity index (χ2v) is 8.35. The van der Waals surface area contributed by atoms with Crippen LogP contribution in [-0.2, 0) is 26.1 Å². The van der Waals surface area contributed by atoms with Gasteiger partial charge in [-0.05, 0) is 39.0 Å². The number of esters is 1. The van der Waals surface area contributed by atoms with Crippen LogP contribution < -0.4 is 4.72 Å². The summed E-state index contributed by atoms with van der Waals surface area (Å²) in [7, 11) is -3.61. The van der Waals surface area contributed by atoms with E-state index in [1.807, 2.05) is 25.3 Å². The highest BCUT2D eigenvalue weighted by Crippen LogP contribution is 2.22. The number of benzene rings is 1. The predicted molar refractivity (Wildman–Crippen MR) is 108 cm³/mol. The maximum atomic E-state index is 12.3. The summed E-state index contributed by atoms with van der Waals surface area (Å²) in [5.74, 6) is -0.618. The molecule has 9 heteroatoms. The van der Waals surface area contributed by atoms with Crippen LogP contribution in [0.15, 0.2) is 40.2 Å². The van der Waals surface area contributed by atoms with Crippen LogP contribution >= 0.6 is 0 Å². The summed E-state index contributed by atoms with van der Waals surface area (Å²) in [4.78, 5) is 28.6. The molecule has 0 spiro atoms. The van der Waals surface area contributed by atoms with Gasteiger partial charge in [0.05, 0.1) is 17.9 Å². The molecule has 0 unspecified atom stereocenters. The largest absolute Gasteiger partial charge is 0.457 e. The molecule has 2 heterocycles. The van der Waals surface area contributed by atoms with E-state index < -0.39 is 16.0 Å². The van der Waals surface area contributed by atoms with Crippen LogP contribution in [0.2, 0.25) is 0 Å². The number of aryl methyl sites for hydroxylation is 1. The second kappa shape index (κ2) is 8.20. The minimum Gasteiger partial charge on any atom is -0.457 e. The van der Waals surface area contributed by atoms with E-state index in [9.17, 15) is 18.0 Å². The van der Waals surface area contributed by atoms with Gasteiger partial charge >= 0.3 is 5.97 Å². The van der Waals surface area contributed by atoms with Gasteiger partial charge in [-0.25, -0.2) is 8.42 Å². The lowest BCUT2D eigenvalue weighted by Crippen LogP contribution is -2.22. The van der Waals surface area contributed by atoms with Crippen LogP contribution in [0.25, 0.3) is 0 Å². The predicted octanol–water partition coefficient (Wildman–Crippen LogP) is 1.98. The van der Waals surface area contributed by atoms with E-state index in [0.717, 1.165) is 17.9 Å². The molecule has 2 aromatic rings. The standard InChI is InChI=1S/C20H23N3O5S/c1-4-23-13(2)11-16(14(23)3)17(24)12-28-19(25)9-10-21-20-15-7-5-6-8-18(15)29(26,27)22-20/h5-8,11H,4,9-10,12H2,1-3H3,(H,21,22). The van der Waals surface area contributed by atoms with Crippen molar-refractivity contribution in [1.29, 1.82) is 0 Å². The maximum absolute atomic E-state index is 12.3. The highest BCUT2D eigenvalue weighted by molar-refractivity contribution is 7.90. The first kappa shape index (κ1) is 20.8. The Balaban J connectivity index is 1.55. The van der Waals surface area contributed by atoms with Crippen LogP contribution in [0.5, 0.6) is 0 Å². The number of fused-ring (bicyclic) bond motifs is 1. The van der Waals surface area contributed by atoms with Crippen LogP contribution in [0.3, 0.4) is 0 Å². The number of aromatic nitrogens is 1. The van der Waals surface area contributed by atoms with Crippen LogP contribution in [0.1, 0.15) is 40.7 Å². The van der Waals surface area contributed by atoms with E-state index in [-0.39, 0.29) is 36.1 Å². The number of hydrogen-bond acceptors (Lipinski definition) is 6. The van der Waals surface area contributed by atoms with Crippen LogP contribution in [0, 0.1) is 13.8 Å². The molecule has 154 valence electrons. The van der Waals surface area contributed by atoms with Gasteiger partial charge in [0.1, 0.15) is 5.84 Å². The average Bonchev–Trinajstić information content (AvgIpc) is 3.12. The first-order valence-corrected chi connectivity index (χ1v) is 10.7. The summed E-state index contributed by atoms with van der Waals surface area (Å²) in [6, 6.07) is 8.29. The number of aliphatic imine (C=N–C) groups is 1. The highest BCUT2D eigenvalue weighted by atomic mass is 32.2. The Bertz CT molecular complexity index is 1100. The second-order valence-electron chi connectivity index (χ2n) is 6.69. The van der Waals surface area contributed by atoms with E-state index in [2.05, 4.69) is 9.71 Å². The molecule has 0 amide bonds. The maximum Gasteiger partial charge on any atom is 0.308 e. The molecule has 8 nitrogen and oxygen atoms in total. The van der Waals surface area contributed by atoms with Crippen molar-refractivity contribution in [3.63, 3.8) is 0 Å². The number of Topliss-reactive ketones (excluding diaryl/α,β-unsaturated/α-hetero) is 1. The zero-order chi connectivity index (χ0) is 21.2. The van der Waals surface area contributed by atoms with Gasteiger partial charge in [-0.15, -0.1) is 0 Å². The lowest BCUT2D eigenvalue weighted by molar-refractivity contribution is -0.142. The number of carbonyl (C=O) groups is 2. The Kier molecular flexibility index (Phi) is 5.88. The molecule has 1 aromatic carbocycles. The number of ketones is 1. The number of carbonyl (C=O) groups excluding carboxylic acids is 2. The molecule has 0 saturated heterocycles. The molecule has 0 bridgehead atoms. The summed E-state index contributed by atoms with van der Waals surface area (Å²) < 4.78 is 33.5. The van der Waals surface area contributed by atoms with E-state index in [1.165, 1.54) is 6.07 Å². The Morgan fingerprint density at radius 2 is 1.93 bits per heavy atom. The molecule has 0 saturated carbocycles. The Morgan fingerprint density at radius 3 is 2.62 bits per heavy atom. The van der Waals surface area contributed by atoms with Crippen molar-refractivity contribution in [1.82, 2.24) is 9.29 Å². The third-order valence-corrected chi connectivity index (χ3v) is 6.20. The van der Waals surface area contributed by atoms with E-state index in [4.69, 9.17) is 4.74 Å². The fraction of sp³-hybridized carbons (Fsp3) is 0.350. The van der Waals surface area contributed by atoms with Gasteiger partial charge < -0.3 is 9.30 Å². The minimum absolute atomic E-state index is 0.0452. The Labute approximate surface area is 169 Å². The van der Waals surface area contributed by atoms with Gasteiger partial charge in [-0.2, -0.15) is 0 Å². The summed E-state index contributed by atoms with van der Waals surface area (Å²) >= 11 is 0. The Morgan fingerprint density at radius 1 is 1.21 bits per heavy atom. The Hall–Kier alpha value is -2.94. The fourth-order valence-electron chi connectivity index (χ4n) is 3.38. The smallest absolute Gasteiger partial charge is 0.308 e. The van der Waals surface area contributed by atoms with E-state index >= 15 is 0 Å². The molecule has 1 aliphatic heterocycles. The van der Waals surface area contributed by atoms with E-state index in [0.29, 0.717) is 11.1 Å². The highest BCUT2D eigenvalue weighted by Gasteiger charge is 2.30. The number of ether oxygens (including phenoxy) is 1. The van der Waals surface area contributed by atoms with Crippen molar-refractivity contribution < 1.29 is 22.7 Å². The molecule has 0 fully saturated rings. The molecule has 0 atom stereocenters. The molecule has 1 aromatic heterocycles. The molecule has 0 aliphatic carbocycles. The van der Waals surface area contributed by atoms with E-state index in [1.54, 1.807) is 24.3 Å². The molecule has 0 radical (unpaired) electrons. The van der Waals surface area contributed by atoms with Crippen LogP contribution in [0.4, 0.5) is 0 Å². The summed E-state index contributed by atoms with van der Waals surface area (Å²) in [6.45, 7) is 6.26. The SMILES string of the molecule is CCn1c(C)cc(C(=O)COC(=O)CCN=C2NS(=O)(=O)c3ccccc32)c1C. The lowest BCUT2D eigenvalue weighted by atomic mass is 10.1.